The van der Waals surface area contributed by atoms with Crippen LogP contribution >= 0.6 is 27.5 Å². The summed E-state index contributed by atoms with van der Waals surface area (Å²) in [7, 11) is 0. The van der Waals surface area contributed by atoms with Crippen molar-refractivity contribution in [3.05, 3.63) is 68.0 Å². The lowest BCUT2D eigenvalue weighted by molar-refractivity contribution is -0.384. The molecule has 0 spiro atoms. The highest BCUT2D eigenvalue weighted by Crippen LogP contribution is 2.32. The molecule has 0 aliphatic rings. The average molecular weight is 425 g/mol. The number of rotatable bonds is 5. The molecule has 9 heteroatoms. The molecular weight excluding hydrogens is 414 g/mol. The Morgan fingerprint density at radius 3 is 2.60 bits per heavy atom. The van der Waals surface area contributed by atoms with Gasteiger partial charge in [-0.3, -0.25) is 10.1 Å². The third-order valence-electron chi connectivity index (χ3n) is 3.31. The van der Waals surface area contributed by atoms with Gasteiger partial charge in [0.25, 0.3) is 11.6 Å². The van der Waals surface area contributed by atoms with Crippen LogP contribution in [0.25, 0.3) is 11.5 Å². The van der Waals surface area contributed by atoms with Crippen LogP contribution in [-0.4, -0.2) is 15.1 Å². The Kier molecular flexibility index (Phi) is 5.00. The first-order valence-electron chi connectivity index (χ1n) is 7.14. The van der Waals surface area contributed by atoms with Crippen molar-refractivity contribution in [2.45, 2.75) is 13.0 Å². The molecule has 1 atom stereocenters. The summed E-state index contributed by atoms with van der Waals surface area (Å²) in [6.07, 6.45) is -0.489. The summed E-state index contributed by atoms with van der Waals surface area (Å²) >= 11 is 9.28. The molecule has 3 rings (SSSR count). The first kappa shape index (κ1) is 17.4. The average Bonchev–Trinajstić information content (AvgIpc) is 3.07. The molecule has 1 unspecified atom stereocenters. The minimum Gasteiger partial charge on any atom is -0.480 e. The van der Waals surface area contributed by atoms with Crippen LogP contribution in [0.15, 0.2) is 51.4 Å². The number of ether oxygens (including phenoxy) is 1. The summed E-state index contributed by atoms with van der Waals surface area (Å²) in [5, 5.41) is 19.2. The van der Waals surface area contributed by atoms with E-state index < -0.39 is 11.0 Å². The summed E-state index contributed by atoms with van der Waals surface area (Å²) in [6.45, 7) is 1.77. The van der Waals surface area contributed by atoms with Gasteiger partial charge in [0.05, 0.1) is 9.40 Å². The number of hydrogen-bond acceptors (Lipinski definition) is 6. The van der Waals surface area contributed by atoms with Crippen LogP contribution in [0, 0.1) is 10.1 Å². The normalized spacial score (nSPS) is 12.0. The molecular formula is C16H11BrClN3O4. The number of aromatic nitrogens is 2. The molecule has 3 aromatic rings. The van der Waals surface area contributed by atoms with Crippen LogP contribution in [0.5, 0.6) is 5.75 Å². The predicted molar refractivity (Wildman–Crippen MR) is 94.6 cm³/mol. The van der Waals surface area contributed by atoms with Crippen LogP contribution in [0.2, 0.25) is 5.02 Å². The number of benzene rings is 2. The summed E-state index contributed by atoms with van der Waals surface area (Å²) in [4.78, 5) is 10.2. The van der Waals surface area contributed by atoms with Crippen molar-refractivity contribution < 1.29 is 14.1 Å². The van der Waals surface area contributed by atoms with Crippen LogP contribution in [0.4, 0.5) is 5.69 Å². The summed E-state index contributed by atoms with van der Waals surface area (Å²) < 4.78 is 12.1. The molecule has 0 amide bonds. The third-order valence-corrected chi connectivity index (χ3v) is 4.17. The number of nitro groups is 1. The Balaban J connectivity index is 1.77. The monoisotopic (exact) mass is 423 g/mol. The van der Waals surface area contributed by atoms with Gasteiger partial charge in [-0.1, -0.05) is 11.6 Å². The number of nitro benzene ring substituents is 1. The topological polar surface area (TPSA) is 91.3 Å². The Labute approximate surface area is 155 Å². The maximum atomic E-state index is 10.7. The lowest BCUT2D eigenvalue weighted by atomic mass is 10.2. The van der Waals surface area contributed by atoms with Crippen LogP contribution < -0.4 is 4.74 Å². The van der Waals surface area contributed by atoms with E-state index in [0.717, 1.165) is 0 Å². The Morgan fingerprint density at radius 1 is 1.24 bits per heavy atom. The summed E-state index contributed by atoms with van der Waals surface area (Å²) in [5.41, 5.74) is 0.581. The van der Waals surface area contributed by atoms with E-state index >= 15 is 0 Å². The first-order chi connectivity index (χ1) is 11.9. The lowest BCUT2D eigenvalue weighted by Gasteiger charge is -2.12. The van der Waals surface area contributed by atoms with Crippen molar-refractivity contribution in [1.82, 2.24) is 10.2 Å². The van der Waals surface area contributed by atoms with Crippen molar-refractivity contribution in [1.29, 1.82) is 0 Å². The molecule has 1 heterocycles. The zero-order valence-electron chi connectivity index (χ0n) is 12.8. The maximum absolute atomic E-state index is 10.7. The number of hydrogen-bond donors (Lipinski definition) is 0. The summed E-state index contributed by atoms with van der Waals surface area (Å²) in [6, 6.07) is 11.0. The second-order valence-corrected chi connectivity index (χ2v) is 6.38. The van der Waals surface area contributed by atoms with Gasteiger partial charge >= 0.3 is 0 Å². The van der Waals surface area contributed by atoms with Crippen molar-refractivity contribution in [3.8, 4) is 17.2 Å². The van der Waals surface area contributed by atoms with Crippen molar-refractivity contribution in [2.24, 2.45) is 0 Å². The number of halogens is 2. The largest absolute Gasteiger partial charge is 0.480 e. The van der Waals surface area contributed by atoms with Crippen LogP contribution in [0.3, 0.4) is 0 Å². The third kappa shape index (κ3) is 3.97. The van der Waals surface area contributed by atoms with E-state index in [1.165, 1.54) is 12.1 Å². The van der Waals surface area contributed by atoms with E-state index in [1.807, 2.05) is 0 Å². The van der Waals surface area contributed by atoms with Gasteiger partial charge < -0.3 is 9.15 Å². The van der Waals surface area contributed by atoms with Crippen molar-refractivity contribution >= 4 is 33.2 Å². The van der Waals surface area contributed by atoms with E-state index in [1.54, 1.807) is 37.3 Å². The molecule has 0 bridgehead atoms. The lowest BCUT2D eigenvalue weighted by Crippen LogP contribution is -2.03. The molecule has 0 fully saturated rings. The Hall–Kier alpha value is -2.45. The fraction of sp³-hybridized carbons (Fsp3) is 0.125. The second-order valence-electron chi connectivity index (χ2n) is 5.08. The van der Waals surface area contributed by atoms with Gasteiger partial charge in [-0.2, -0.15) is 0 Å². The Bertz CT molecular complexity index is 914. The zero-order chi connectivity index (χ0) is 18.0. The van der Waals surface area contributed by atoms with Crippen LogP contribution in [0.1, 0.15) is 18.9 Å². The molecule has 128 valence electrons. The minimum atomic E-state index is -0.489. The molecule has 0 saturated heterocycles. The molecule has 1 aromatic heterocycles. The minimum absolute atomic E-state index is 0.00669. The number of non-ortho nitro benzene ring substituents is 1. The van der Waals surface area contributed by atoms with Crippen molar-refractivity contribution in [2.75, 3.05) is 0 Å². The molecule has 2 aromatic carbocycles. The van der Waals surface area contributed by atoms with Gasteiger partial charge in [-0.05, 0) is 53.2 Å². The zero-order valence-corrected chi connectivity index (χ0v) is 15.2. The van der Waals surface area contributed by atoms with E-state index in [4.69, 9.17) is 20.8 Å². The second kappa shape index (κ2) is 7.20. The van der Waals surface area contributed by atoms with Gasteiger partial charge in [0.1, 0.15) is 5.75 Å². The molecule has 0 aliphatic heterocycles. The van der Waals surface area contributed by atoms with Gasteiger partial charge in [0, 0.05) is 22.7 Å². The van der Waals surface area contributed by atoms with Gasteiger partial charge in [0.15, 0.2) is 6.10 Å². The van der Waals surface area contributed by atoms with E-state index in [-0.39, 0.29) is 17.5 Å². The van der Waals surface area contributed by atoms with E-state index in [2.05, 4.69) is 26.1 Å². The first-order valence-corrected chi connectivity index (χ1v) is 8.31. The molecule has 0 radical (unpaired) electrons. The molecule has 7 nitrogen and oxygen atoms in total. The maximum Gasteiger partial charge on any atom is 0.269 e. The SMILES string of the molecule is CC(Oc1ccc(Cl)cc1Br)c1nnc(-c2ccc([N+](=O)[O-])cc2)o1. The molecule has 0 N–H and O–H groups in total. The highest BCUT2D eigenvalue weighted by atomic mass is 79.9. The van der Waals surface area contributed by atoms with Gasteiger partial charge in [-0.15, -0.1) is 10.2 Å². The fourth-order valence-corrected chi connectivity index (χ4v) is 2.83. The Morgan fingerprint density at radius 2 is 1.96 bits per heavy atom. The van der Waals surface area contributed by atoms with Gasteiger partial charge in [0.2, 0.25) is 5.89 Å². The molecule has 0 aliphatic carbocycles. The van der Waals surface area contributed by atoms with Crippen LogP contribution in [-0.2, 0) is 0 Å². The molecule has 25 heavy (non-hydrogen) atoms. The van der Waals surface area contributed by atoms with E-state index in [0.29, 0.717) is 20.8 Å². The number of nitrogens with zero attached hydrogens (tertiary/aromatic N) is 3. The van der Waals surface area contributed by atoms with Crippen molar-refractivity contribution in [3.63, 3.8) is 0 Å². The smallest absolute Gasteiger partial charge is 0.269 e. The van der Waals surface area contributed by atoms with E-state index in [9.17, 15) is 10.1 Å². The highest BCUT2D eigenvalue weighted by Gasteiger charge is 2.18. The van der Waals surface area contributed by atoms with Gasteiger partial charge in [-0.25, -0.2) is 0 Å². The fourth-order valence-electron chi connectivity index (χ4n) is 2.05. The standard InChI is InChI=1S/C16H11BrClN3O4/c1-9(24-14-7-4-11(18)8-13(14)17)15-19-20-16(25-15)10-2-5-12(6-3-10)21(22)23/h2-9H,1H3. The highest BCUT2D eigenvalue weighted by molar-refractivity contribution is 9.10. The predicted octanol–water partition coefficient (Wildman–Crippen LogP) is 5.20. The quantitative estimate of drug-likeness (QED) is 0.413. The molecule has 0 saturated carbocycles. The summed E-state index contributed by atoms with van der Waals surface area (Å²) in [5.74, 6) is 1.14.